The lowest BCUT2D eigenvalue weighted by Crippen LogP contribution is -2.33. The fourth-order valence-electron chi connectivity index (χ4n) is 2.05. The van der Waals surface area contributed by atoms with Gasteiger partial charge in [-0.1, -0.05) is 25.1 Å². The van der Waals surface area contributed by atoms with E-state index in [9.17, 15) is 9.59 Å². The molecule has 104 valence electrons. The zero-order valence-corrected chi connectivity index (χ0v) is 11.4. The van der Waals surface area contributed by atoms with Crippen LogP contribution in [-0.2, 0) is 4.79 Å². The largest absolute Gasteiger partial charge is 0.481 e. The number of aromatic nitrogens is 1. The molecule has 0 bridgehead atoms. The van der Waals surface area contributed by atoms with Crippen LogP contribution in [0.2, 0.25) is 0 Å². The third kappa shape index (κ3) is 2.77. The number of fused-ring (bicyclic) bond motifs is 1. The smallest absolute Gasteiger partial charge is 0.308 e. The Hall–Kier alpha value is -2.43. The molecule has 5 nitrogen and oxygen atoms in total. The molecule has 20 heavy (non-hydrogen) atoms. The number of aliphatic carboxylic acids is 1. The van der Waals surface area contributed by atoms with E-state index in [4.69, 9.17) is 5.11 Å². The minimum absolute atomic E-state index is 0.164. The molecule has 1 atom stereocenters. The number of amides is 1. The Morgan fingerprint density at radius 2 is 2.00 bits per heavy atom. The number of rotatable bonds is 4. The van der Waals surface area contributed by atoms with Gasteiger partial charge in [0.1, 0.15) is 0 Å². The number of hydrogen-bond acceptors (Lipinski definition) is 3. The normalized spacial score (nSPS) is 12.1. The van der Waals surface area contributed by atoms with Crippen molar-refractivity contribution in [3.63, 3.8) is 0 Å². The number of carbonyl (C=O) groups excluding carboxylic acids is 1. The Balaban J connectivity index is 2.29. The summed E-state index contributed by atoms with van der Waals surface area (Å²) in [5.74, 6) is -1.74. The fourth-order valence-corrected chi connectivity index (χ4v) is 2.05. The summed E-state index contributed by atoms with van der Waals surface area (Å²) in [6.45, 7) is 1.74. The Labute approximate surface area is 116 Å². The predicted molar refractivity (Wildman–Crippen MR) is 75.5 cm³/mol. The number of carboxylic acids is 1. The number of pyridine rings is 1. The van der Waals surface area contributed by atoms with Gasteiger partial charge < -0.3 is 10.0 Å². The maximum Gasteiger partial charge on any atom is 0.308 e. The summed E-state index contributed by atoms with van der Waals surface area (Å²) in [6, 6.07) is 9.09. The first-order valence-corrected chi connectivity index (χ1v) is 6.32. The molecule has 0 fully saturated rings. The van der Waals surface area contributed by atoms with Gasteiger partial charge in [0.05, 0.1) is 17.0 Å². The highest BCUT2D eigenvalue weighted by atomic mass is 16.4. The average molecular weight is 272 g/mol. The molecule has 1 aromatic heterocycles. The molecule has 1 N–H and O–H groups in total. The summed E-state index contributed by atoms with van der Waals surface area (Å²) < 4.78 is 0. The van der Waals surface area contributed by atoms with Crippen LogP contribution < -0.4 is 0 Å². The van der Waals surface area contributed by atoms with Crippen LogP contribution in [0.4, 0.5) is 0 Å². The molecule has 1 heterocycles. The quantitative estimate of drug-likeness (QED) is 0.924. The van der Waals surface area contributed by atoms with Gasteiger partial charge in [-0.05, 0) is 12.1 Å². The van der Waals surface area contributed by atoms with E-state index < -0.39 is 11.9 Å². The molecule has 2 rings (SSSR count). The fraction of sp³-hybridized carbons (Fsp3) is 0.267. The second-order valence-electron chi connectivity index (χ2n) is 4.81. The SMILES string of the molecule is CC(CN(C)C(=O)c1cccc2cccnc12)C(=O)O. The summed E-state index contributed by atoms with van der Waals surface area (Å²) in [7, 11) is 1.60. The maximum absolute atomic E-state index is 12.4. The first kappa shape index (κ1) is 14.0. The summed E-state index contributed by atoms with van der Waals surface area (Å²) in [4.78, 5) is 28.9. The van der Waals surface area contributed by atoms with E-state index in [1.165, 1.54) is 4.90 Å². The molecule has 0 spiro atoms. The Kier molecular flexibility index (Phi) is 3.98. The van der Waals surface area contributed by atoms with E-state index in [1.54, 1.807) is 32.3 Å². The van der Waals surface area contributed by atoms with Gasteiger partial charge in [0, 0.05) is 25.2 Å². The highest BCUT2D eigenvalue weighted by Gasteiger charge is 2.20. The van der Waals surface area contributed by atoms with Crippen LogP contribution in [-0.4, -0.2) is 40.5 Å². The van der Waals surface area contributed by atoms with Crippen LogP contribution in [0.3, 0.4) is 0 Å². The predicted octanol–water partition coefficient (Wildman–Crippen LogP) is 2.03. The van der Waals surface area contributed by atoms with E-state index in [0.717, 1.165) is 5.39 Å². The van der Waals surface area contributed by atoms with E-state index >= 15 is 0 Å². The van der Waals surface area contributed by atoms with Crippen molar-refractivity contribution in [2.24, 2.45) is 5.92 Å². The van der Waals surface area contributed by atoms with Gasteiger partial charge in [-0.25, -0.2) is 0 Å². The molecule has 1 unspecified atom stereocenters. The number of para-hydroxylation sites is 1. The molecule has 2 aromatic rings. The highest BCUT2D eigenvalue weighted by molar-refractivity contribution is 6.05. The minimum atomic E-state index is -0.916. The van der Waals surface area contributed by atoms with Gasteiger partial charge in [0.2, 0.25) is 0 Å². The van der Waals surface area contributed by atoms with Crippen molar-refractivity contribution < 1.29 is 14.7 Å². The molecule has 1 amide bonds. The van der Waals surface area contributed by atoms with E-state index in [-0.39, 0.29) is 12.5 Å². The Bertz CT molecular complexity index is 649. The van der Waals surface area contributed by atoms with Crippen LogP contribution in [0, 0.1) is 5.92 Å². The van der Waals surface area contributed by atoms with Crippen molar-refractivity contribution in [1.29, 1.82) is 0 Å². The lowest BCUT2D eigenvalue weighted by atomic mass is 10.1. The topological polar surface area (TPSA) is 70.5 Å². The number of hydrogen-bond donors (Lipinski definition) is 1. The molecule has 0 saturated carbocycles. The van der Waals surface area contributed by atoms with Gasteiger partial charge >= 0.3 is 5.97 Å². The minimum Gasteiger partial charge on any atom is -0.481 e. The third-order valence-corrected chi connectivity index (χ3v) is 3.18. The van der Waals surface area contributed by atoms with Crippen LogP contribution in [0.25, 0.3) is 10.9 Å². The molecule has 1 aromatic carbocycles. The highest BCUT2D eigenvalue weighted by Crippen LogP contribution is 2.17. The first-order valence-electron chi connectivity index (χ1n) is 6.32. The standard InChI is InChI=1S/C15H16N2O3/c1-10(15(19)20)9-17(2)14(18)12-7-3-5-11-6-4-8-16-13(11)12/h3-8,10H,9H2,1-2H3,(H,19,20). The lowest BCUT2D eigenvalue weighted by Gasteiger charge is -2.20. The summed E-state index contributed by atoms with van der Waals surface area (Å²) >= 11 is 0. The lowest BCUT2D eigenvalue weighted by molar-refractivity contribution is -0.141. The van der Waals surface area contributed by atoms with Crippen molar-refractivity contribution in [2.75, 3.05) is 13.6 Å². The van der Waals surface area contributed by atoms with Crippen molar-refractivity contribution >= 4 is 22.8 Å². The number of nitrogens with zero attached hydrogens (tertiary/aromatic N) is 2. The summed E-state index contributed by atoms with van der Waals surface area (Å²) in [5, 5.41) is 9.79. The second-order valence-corrected chi connectivity index (χ2v) is 4.81. The molecular weight excluding hydrogens is 256 g/mol. The average Bonchev–Trinajstić information content (AvgIpc) is 2.45. The van der Waals surface area contributed by atoms with Crippen LogP contribution in [0.15, 0.2) is 36.5 Å². The van der Waals surface area contributed by atoms with Gasteiger partial charge in [-0.2, -0.15) is 0 Å². The Morgan fingerprint density at radius 3 is 2.70 bits per heavy atom. The zero-order valence-electron chi connectivity index (χ0n) is 11.4. The zero-order chi connectivity index (χ0) is 14.7. The Morgan fingerprint density at radius 1 is 1.30 bits per heavy atom. The maximum atomic E-state index is 12.4. The number of benzene rings is 1. The third-order valence-electron chi connectivity index (χ3n) is 3.18. The van der Waals surface area contributed by atoms with Crippen LogP contribution in [0.5, 0.6) is 0 Å². The number of carboxylic acid groups (broad SMARTS) is 1. The molecule has 0 radical (unpaired) electrons. The van der Waals surface area contributed by atoms with Crippen LogP contribution in [0.1, 0.15) is 17.3 Å². The van der Waals surface area contributed by atoms with E-state index in [0.29, 0.717) is 11.1 Å². The molecule has 0 aliphatic heterocycles. The molecule has 0 aliphatic carbocycles. The molecule has 0 saturated heterocycles. The van der Waals surface area contributed by atoms with Crippen molar-refractivity contribution in [3.8, 4) is 0 Å². The first-order chi connectivity index (χ1) is 9.50. The summed E-state index contributed by atoms with van der Waals surface area (Å²) in [6.07, 6.45) is 1.64. The van der Waals surface area contributed by atoms with Crippen molar-refractivity contribution in [1.82, 2.24) is 9.88 Å². The van der Waals surface area contributed by atoms with E-state index in [1.807, 2.05) is 18.2 Å². The van der Waals surface area contributed by atoms with E-state index in [2.05, 4.69) is 4.98 Å². The van der Waals surface area contributed by atoms with Crippen LogP contribution >= 0.6 is 0 Å². The van der Waals surface area contributed by atoms with Crippen molar-refractivity contribution in [2.45, 2.75) is 6.92 Å². The molecule has 0 aliphatic rings. The monoisotopic (exact) mass is 272 g/mol. The second kappa shape index (κ2) is 5.69. The molecule has 5 heteroatoms. The van der Waals surface area contributed by atoms with Crippen molar-refractivity contribution in [3.05, 3.63) is 42.1 Å². The van der Waals surface area contributed by atoms with Gasteiger partial charge in [0.25, 0.3) is 5.91 Å². The molecular formula is C15H16N2O3. The van der Waals surface area contributed by atoms with Gasteiger partial charge in [-0.15, -0.1) is 0 Å². The van der Waals surface area contributed by atoms with Gasteiger partial charge in [0.15, 0.2) is 0 Å². The van der Waals surface area contributed by atoms with Gasteiger partial charge in [-0.3, -0.25) is 14.6 Å². The number of carbonyl (C=O) groups is 2. The summed E-state index contributed by atoms with van der Waals surface area (Å²) in [5.41, 5.74) is 1.12.